The number of anilines is 1. The van der Waals surface area contributed by atoms with Crippen LogP contribution in [0.25, 0.3) is 21.7 Å². The molecule has 0 aliphatic carbocycles. The first kappa shape index (κ1) is 16.6. The molecule has 3 heterocycles. The number of rotatable bonds is 5. The zero-order chi connectivity index (χ0) is 17.8. The van der Waals surface area contributed by atoms with Crippen LogP contribution in [-0.4, -0.2) is 15.9 Å². The minimum atomic E-state index is -0.118. The van der Waals surface area contributed by atoms with Gasteiger partial charge in [-0.3, -0.25) is 4.79 Å². The first-order valence-corrected chi connectivity index (χ1v) is 9.88. The summed E-state index contributed by atoms with van der Waals surface area (Å²) in [4.78, 5) is 21.1. The normalized spacial score (nSPS) is 10.6. The Bertz CT molecular complexity index is 993. The van der Waals surface area contributed by atoms with Gasteiger partial charge in [0.25, 0.3) is 0 Å². The van der Waals surface area contributed by atoms with E-state index in [4.69, 9.17) is 0 Å². The molecule has 0 bridgehead atoms. The topological polar surface area (TPSA) is 54.9 Å². The highest BCUT2D eigenvalue weighted by Crippen LogP contribution is 2.26. The predicted molar refractivity (Wildman–Crippen MR) is 107 cm³/mol. The first-order chi connectivity index (χ1) is 12.8. The molecule has 6 heteroatoms. The number of amides is 1. The van der Waals surface area contributed by atoms with Gasteiger partial charge in [-0.05, 0) is 29.1 Å². The largest absolute Gasteiger partial charge is 0.310 e. The van der Waals surface area contributed by atoms with Crippen molar-refractivity contribution in [2.45, 2.75) is 6.42 Å². The number of benzene rings is 1. The van der Waals surface area contributed by atoms with Gasteiger partial charge < -0.3 is 5.32 Å². The molecule has 26 heavy (non-hydrogen) atoms. The van der Waals surface area contributed by atoms with E-state index in [0.29, 0.717) is 5.82 Å². The quantitative estimate of drug-likeness (QED) is 0.525. The van der Waals surface area contributed by atoms with Crippen LogP contribution in [0.1, 0.15) is 5.69 Å². The summed E-state index contributed by atoms with van der Waals surface area (Å²) in [5.74, 6) is 0.426. The predicted octanol–water partition coefficient (Wildman–Crippen LogP) is 5.11. The number of pyridine rings is 1. The second-order valence-electron chi connectivity index (χ2n) is 5.68. The van der Waals surface area contributed by atoms with E-state index in [-0.39, 0.29) is 12.3 Å². The third-order valence-electron chi connectivity index (χ3n) is 3.80. The van der Waals surface area contributed by atoms with E-state index in [1.54, 1.807) is 28.9 Å². The van der Waals surface area contributed by atoms with Crippen LogP contribution in [-0.2, 0) is 11.2 Å². The molecular formula is C20H15N3OS2. The lowest BCUT2D eigenvalue weighted by Gasteiger charge is -2.05. The van der Waals surface area contributed by atoms with Gasteiger partial charge in [-0.1, -0.05) is 30.3 Å². The van der Waals surface area contributed by atoms with Crippen LogP contribution in [0, 0.1) is 0 Å². The van der Waals surface area contributed by atoms with Crippen molar-refractivity contribution in [3.8, 4) is 21.7 Å². The third-order valence-corrected chi connectivity index (χ3v) is 5.42. The molecule has 3 aromatic heterocycles. The standard InChI is InChI=1S/C20H15N3OS2/c24-19(10-17-13-26-20(22-17)16-8-9-25-12-16)23-18-7-6-15(11-21-18)14-4-2-1-3-5-14/h1-9,11-13H,10H2,(H,21,23,24). The van der Waals surface area contributed by atoms with Gasteiger partial charge in [0.15, 0.2) is 0 Å². The molecule has 0 aliphatic rings. The number of carbonyl (C=O) groups excluding carboxylic acids is 1. The molecule has 0 unspecified atom stereocenters. The molecule has 1 aromatic carbocycles. The van der Waals surface area contributed by atoms with Crippen molar-refractivity contribution in [1.29, 1.82) is 0 Å². The van der Waals surface area contributed by atoms with Gasteiger partial charge >= 0.3 is 0 Å². The third kappa shape index (κ3) is 3.87. The van der Waals surface area contributed by atoms with E-state index < -0.39 is 0 Å². The molecule has 0 atom stereocenters. The molecule has 1 amide bonds. The summed E-state index contributed by atoms with van der Waals surface area (Å²) in [6.45, 7) is 0. The molecule has 128 valence electrons. The second kappa shape index (κ2) is 7.59. The molecule has 0 saturated heterocycles. The minimum absolute atomic E-state index is 0.118. The highest BCUT2D eigenvalue weighted by Gasteiger charge is 2.10. The molecule has 0 fully saturated rings. The van der Waals surface area contributed by atoms with E-state index >= 15 is 0 Å². The lowest BCUT2D eigenvalue weighted by atomic mass is 10.1. The Balaban J connectivity index is 1.39. The van der Waals surface area contributed by atoms with Crippen molar-refractivity contribution in [3.05, 3.63) is 76.6 Å². The van der Waals surface area contributed by atoms with E-state index in [9.17, 15) is 4.79 Å². The number of hydrogen-bond acceptors (Lipinski definition) is 5. The van der Waals surface area contributed by atoms with Crippen molar-refractivity contribution in [2.24, 2.45) is 0 Å². The Morgan fingerprint density at radius 2 is 1.85 bits per heavy atom. The fraction of sp³-hybridized carbons (Fsp3) is 0.0500. The van der Waals surface area contributed by atoms with E-state index in [2.05, 4.69) is 20.7 Å². The van der Waals surface area contributed by atoms with Crippen LogP contribution in [0.15, 0.2) is 70.9 Å². The Morgan fingerprint density at radius 3 is 2.58 bits per heavy atom. The highest BCUT2D eigenvalue weighted by molar-refractivity contribution is 7.14. The summed E-state index contributed by atoms with van der Waals surface area (Å²) < 4.78 is 0. The molecule has 4 nitrogen and oxygen atoms in total. The molecule has 4 rings (SSSR count). The maximum Gasteiger partial charge on any atom is 0.231 e. The zero-order valence-corrected chi connectivity index (χ0v) is 15.4. The SMILES string of the molecule is O=C(Cc1csc(-c2ccsc2)n1)Nc1ccc(-c2ccccc2)cn1. The second-order valence-corrected chi connectivity index (χ2v) is 7.32. The van der Waals surface area contributed by atoms with Crippen molar-refractivity contribution in [3.63, 3.8) is 0 Å². The van der Waals surface area contributed by atoms with Crippen LogP contribution in [0.2, 0.25) is 0 Å². The van der Waals surface area contributed by atoms with Crippen LogP contribution in [0.5, 0.6) is 0 Å². The highest BCUT2D eigenvalue weighted by atomic mass is 32.1. The number of aromatic nitrogens is 2. The molecule has 1 N–H and O–H groups in total. The molecular weight excluding hydrogens is 362 g/mol. The van der Waals surface area contributed by atoms with Gasteiger partial charge in [0, 0.05) is 28.1 Å². The summed E-state index contributed by atoms with van der Waals surface area (Å²) in [6.07, 6.45) is 2.01. The van der Waals surface area contributed by atoms with Crippen molar-refractivity contribution < 1.29 is 4.79 Å². The molecule has 0 spiro atoms. The summed E-state index contributed by atoms with van der Waals surface area (Å²) >= 11 is 3.19. The Morgan fingerprint density at radius 1 is 0.962 bits per heavy atom. The zero-order valence-electron chi connectivity index (χ0n) is 13.8. The minimum Gasteiger partial charge on any atom is -0.310 e. The van der Waals surface area contributed by atoms with E-state index in [1.165, 1.54) is 0 Å². The number of nitrogens with one attached hydrogen (secondary N) is 1. The van der Waals surface area contributed by atoms with Gasteiger partial charge in [0.05, 0.1) is 12.1 Å². The maximum absolute atomic E-state index is 12.2. The van der Waals surface area contributed by atoms with Gasteiger partial charge in [0.2, 0.25) is 5.91 Å². The van der Waals surface area contributed by atoms with Crippen molar-refractivity contribution in [1.82, 2.24) is 9.97 Å². The lowest BCUT2D eigenvalue weighted by Crippen LogP contribution is -2.15. The number of hydrogen-bond donors (Lipinski definition) is 1. The Kier molecular flexibility index (Phi) is 4.86. The average molecular weight is 377 g/mol. The Hall–Kier alpha value is -2.83. The first-order valence-electron chi connectivity index (χ1n) is 8.06. The summed E-state index contributed by atoms with van der Waals surface area (Å²) in [5.41, 5.74) is 3.99. The van der Waals surface area contributed by atoms with Gasteiger partial charge in [-0.2, -0.15) is 11.3 Å². The molecule has 4 aromatic rings. The number of carbonyl (C=O) groups is 1. The number of nitrogens with zero attached hydrogens (tertiary/aromatic N) is 2. The monoisotopic (exact) mass is 377 g/mol. The Labute approximate surface area is 159 Å². The number of thiophene rings is 1. The summed E-state index contributed by atoms with van der Waals surface area (Å²) in [6, 6.07) is 15.8. The molecule has 0 aliphatic heterocycles. The van der Waals surface area contributed by atoms with Crippen molar-refractivity contribution >= 4 is 34.4 Å². The van der Waals surface area contributed by atoms with E-state index in [0.717, 1.165) is 27.4 Å². The maximum atomic E-state index is 12.2. The molecule has 0 saturated carbocycles. The molecule has 0 radical (unpaired) electrons. The van der Waals surface area contributed by atoms with Crippen LogP contribution < -0.4 is 5.32 Å². The van der Waals surface area contributed by atoms with Crippen LogP contribution >= 0.6 is 22.7 Å². The lowest BCUT2D eigenvalue weighted by molar-refractivity contribution is -0.115. The summed E-state index contributed by atoms with van der Waals surface area (Å²) in [7, 11) is 0. The van der Waals surface area contributed by atoms with Gasteiger partial charge in [0.1, 0.15) is 10.8 Å². The van der Waals surface area contributed by atoms with Crippen molar-refractivity contribution in [2.75, 3.05) is 5.32 Å². The summed E-state index contributed by atoms with van der Waals surface area (Å²) in [5, 5.41) is 9.78. The average Bonchev–Trinajstić information content (AvgIpc) is 3.35. The van der Waals surface area contributed by atoms with Gasteiger partial charge in [-0.25, -0.2) is 9.97 Å². The van der Waals surface area contributed by atoms with Crippen LogP contribution in [0.3, 0.4) is 0 Å². The fourth-order valence-corrected chi connectivity index (χ4v) is 4.06. The van der Waals surface area contributed by atoms with Crippen LogP contribution in [0.4, 0.5) is 5.82 Å². The smallest absolute Gasteiger partial charge is 0.231 e. The fourth-order valence-electron chi connectivity index (χ4n) is 2.53. The van der Waals surface area contributed by atoms with Gasteiger partial charge in [-0.15, -0.1) is 11.3 Å². The number of thiazole rings is 1. The van der Waals surface area contributed by atoms with E-state index in [1.807, 2.05) is 59.3 Å².